The topological polar surface area (TPSA) is 104 Å². The van der Waals surface area contributed by atoms with Crippen LogP contribution in [0.4, 0.5) is 0 Å². The molecule has 0 bridgehead atoms. The second-order valence-corrected chi connectivity index (χ2v) is 15.1. The molecule has 0 aromatic carbocycles. The smallest absolute Gasteiger partial charge is 0.266 e. The molecule has 0 aliphatic heterocycles. The number of unbranched alkanes of at least 4 members (excludes halogenated alkanes) is 27. The minimum atomic E-state index is -4.30. The van der Waals surface area contributed by atoms with Crippen molar-refractivity contribution in [3.8, 4) is 0 Å². The van der Waals surface area contributed by atoms with Gasteiger partial charge in [0.2, 0.25) is 5.91 Å². The van der Waals surface area contributed by atoms with Crippen LogP contribution in [0.25, 0.3) is 0 Å². The molecule has 0 spiro atoms. The summed E-state index contributed by atoms with van der Waals surface area (Å²) in [4.78, 5) is 12.5. The number of hydrogen-bond donors (Lipinski definition) is 3. The summed E-state index contributed by atoms with van der Waals surface area (Å²) in [7, 11) is -4.30. The Labute approximate surface area is 274 Å². The van der Waals surface area contributed by atoms with Gasteiger partial charge in [0.15, 0.2) is 0 Å². The van der Waals surface area contributed by atoms with E-state index in [1.54, 1.807) is 0 Å². The molecule has 1 amide bonds. The Morgan fingerprint density at radius 2 is 0.818 bits per heavy atom. The highest BCUT2D eigenvalue weighted by Crippen LogP contribution is 2.16. The number of carbonyl (C=O) groups is 1. The zero-order valence-corrected chi connectivity index (χ0v) is 30.1. The van der Waals surface area contributed by atoms with Gasteiger partial charge < -0.3 is 10.4 Å². The van der Waals surface area contributed by atoms with Crippen LogP contribution >= 0.6 is 0 Å². The van der Waals surface area contributed by atoms with Crippen molar-refractivity contribution in [3.05, 3.63) is 0 Å². The molecule has 0 saturated carbocycles. The third-order valence-electron chi connectivity index (χ3n) is 9.06. The molecule has 7 heteroatoms. The number of carbonyl (C=O) groups excluding carboxylic acids is 1. The number of aliphatic hydroxyl groups is 1. The quantitative estimate of drug-likeness (QED) is 0.0470. The Morgan fingerprint density at radius 3 is 1.14 bits per heavy atom. The van der Waals surface area contributed by atoms with Crippen LogP contribution in [0.15, 0.2) is 0 Å². The van der Waals surface area contributed by atoms with Crippen LogP contribution in [0.2, 0.25) is 0 Å². The summed E-state index contributed by atoms with van der Waals surface area (Å²) in [5.41, 5.74) is 0. The SMILES string of the molecule is CCCCCCCCCCCCCCCCCCCCCC(=O)NC(CS(=O)(=O)O)C(O)CCCCCCCCCCCC. The summed E-state index contributed by atoms with van der Waals surface area (Å²) >= 11 is 0. The number of rotatable bonds is 35. The number of aliphatic hydroxyl groups excluding tert-OH is 1. The third kappa shape index (κ3) is 32.7. The van der Waals surface area contributed by atoms with Crippen molar-refractivity contribution in [2.24, 2.45) is 0 Å². The molecule has 0 aromatic rings. The van der Waals surface area contributed by atoms with E-state index in [9.17, 15) is 22.9 Å². The van der Waals surface area contributed by atoms with Crippen molar-refractivity contribution in [1.29, 1.82) is 0 Å². The molecule has 0 saturated heterocycles. The third-order valence-corrected chi connectivity index (χ3v) is 9.84. The van der Waals surface area contributed by atoms with Gasteiger partial charge in [0.05, 0.1) is 17.9 Å². The Kier molecular flexibility index (Phi) is 31.8. The molecule has 2 unspecified atom stereocenters. The molecular formula is C37H75NO5S. The molecule has 3 N–H and O–H groups in total. The first-order valence-electron chi connectivity index (χ1n) is 19.2. The van der Waals surface area contributed by atoms with Crippen LogP contribution in [-0.2, 0) is 14.9 Å². The zero-order chi connectivity index (χ0) is 32.6. The molecule has 0 aromatic heterocycles. The molecule has 2 atom stereocenters. The molecule has 264 valence electrons. The van der Waals surface area contributed by atoms with E-state index in [0.29, 0.717) is 12.8 Å². The Balaban J connectivity index is 3.79. The maximum absolute atomic E-state index is 12.5. The minimum Gasteiger partial charge on any atom is -0.391 e. The van der Waals surface area contributed by atoms with E-state index in [-0.39, 0.29) is 5.91 Å². The Morgan fingerprint density at radius 1 is 0.523 bits per heavy atom. The second kappa shape index (κ2) is 32.3. The van der Waals surface area contributed by atoms with Gasteiger partial charge in [-0.2, -0.15) is 8.42 Å². The normalized spacial score (nSPS) is 13.3. The number of amides is 1. The maximum atomic E-state index is 12.5. The lowest BCUT2D eigenvalue weighted by Gasteiger charge is -2.23. The van der Waals surface area contributed by atoms with E-state index in [1.807, 2.05) is 0 Å². The fraction of sp³-hybridized carbons (Fsp3) is 0.973. The van der Waals surface area contributed by atoms with Crippen molar-refractivity contribution in [1.82, 2.24) is 5.32 Å². The lowest BCUT2D eigenvalue weighted by Crippen LogP contribution is -2.47. The lowest BCUT2D eigenvalue weighted by molar-refractivity contribution is -0.122. The van der Waals surface area contributed by atoms with Gasteiger partial charge in [-0.15, -0.1) is 0 Å². The minimum absolute atomic E-state index is 0.243. The standard InChI is InChI=1S/C37H75NO5S/c1-3-5-7-9-11-13-15-16-17-18-19-20-21-22-23-25-27-29-31-33-37(40)38-35(34-44(41,42)43)36(39)32-30-28-26-24-14-12-10-8-6-4-2/h35-36,39H,3-34H2,1-2H3,(H,38,40)(H,41,42,43). The van der Waals surface area contributed by atoms with Crippen LogP contribution in [0.1, 0.15) is 213 Å². The molecule has 0 aliphatic rings. The van der Waals surface area contributed by atoms with Crippen molar-refractivity contribution < 1.29 is 22.9 Å². The summed E-state index contributed by atoms with van der Waals surface area (Å²) in [6, 6.07) is -0.962. The second-order valence-electron chi connectivity index (χ2n) is 13.6. The molecule has 44 heavy (non-hydrogen) atoms. The highest BCUT2D eigenvalue weighted by molar-refractivity contribution is 7.85. The van der Waals surface area contributed by atoms with E-state index in [1.165, 1.54) is 148 Å². The molecule has 0 heterocycles. The predicted octanol–water partition coefficient (Wildman–Crippen LogP) is 10.9. The van der Waals surface area contributed by atoms with Crippen molar-refractivity contribution in [3.63, 3.8) is 0 Å². The molecule has 0 rings (SSSR count). The fourth-order valence-electron chi connectivity index (χ4n) is 6.16. The average Bonchev–Trinajstić information content (AvgIpc) is 2.98. The van der Waals surface area contributed by atoms with Gasteiger partial charge in [0.25, 0.3) is 10.1 Å². The highest BCUT2D eigenvalue weighted by Gasteiger charge is 2.26. The van der Waals surface area contributed by atoms with Gasteiger partial charge in [0.1, 0.15) is 0 Å². The van der Waals surface area contributed by atoms with Crippen LogP contribution in [0.3, 0.4) is 0 Å². The molecule has 0 fully saturated rings. The van der Waals surface area contributed by atoms with Gasteiger partial charge in [-0.1, -0.05) is 194 Å². The monoisotopic (exact) mass is 646 g/mol. The first kappa shape index (κ1) is 43.3. The summed E-state index contributed by atoms with van der Waals surface area (Å²) < 4.78 is 32.4. The molecule has 6 nitrogen and oxygen atoms in total. The first-order valence-corrected chi connectivity index (χ1v) is 20.8. The lowest BCUT2D eigenvalue weighted by atomic mass is 10.0. The zero-order valence-electron chi connectivity index (χ0n) is 29.3. The maximum Gasteiger partial charge on any atom is 0.266 e. The highest BCUT2D eigenvalue weighted by atomic mass is 32.2. The van der Waals surface area contributed by atoms with Crippen LogP contribution in [0, 0.1) is 0 Å². The van der Waals surface area contributed by atoms with E-state index in [2.05, 4.69) is 19.2 Å². The Bertz CT molecular complexity index is 715. The van der Waals surface area contributed by atoms with Crippen molar-refractivity contribution in [2.45, 2.75) is 225 Å². The van der Waals surface area contributed by atoms with Crippen molar-refractivity contribution >= 4 is 16.0 Å². The summed E-state index contributed by atoms with van der Waals surface area (Å²) in [6.45, 7) is 4.50. The van der Waals surface area contributed by atoms with Gasteiger partial charge in [-0.3, -0.25) is 9.35 Å². The van der Waals surface area contributed by atoms with E-state index < -0.39 is 28.0 Å². The molecule has 0 aliphatic carbocycles. The van der Waals surface area contributed by atoms with E-state index in [0.717, 1.165) is 38.5 Å². The van der Waals surface area contributed by atoms with Gasteiger partial charge >= 0.3 is 0 Å². The number of nitrogens with one attached hydrogen (secondary N) is 1. The van der Waals surface area contributed by atoms with E-state index in [4.69, 9.17) is 0 Å². The van der Waals surface area contributed by atoms with Crippen LogP contribution < -0.4 is 5.32 Å². The summed E-state index contributed by atoms with van der Waals surface area (Å²) in [5.74, 6) is -0.885. The Hall–Kier alpha value is -0.660. The summed E-state index contributed by atoms with van der Waals surface area (Å²) in [5, 5.41) is 13.3. The van der Waals surface area contributed by atoms with E-state index >= 15 is 0 Å². The number of hydrogen-bond acceptors (Lipinski definition) is 4. The van der Waals surface area contributed by atoms with Gasteiger partial charge in [-0.25, -0.2) is 0 Å². The van der Waals surface area contributed by atoms with Gasteiger partial charge in [0, 0.05) is 6.42 Å². The van der Waals surface area contributed by atoms with Crippen LogP contribution in [0.5, 0.6) is 0 Å². The molecular weight excluding hydrogens is 570 g/mol. The van der Waals surface area contributed by atoms with Gasteiger partial charge in [-0.05, 0) is 12.8 Å². The largest absolute Gasteiger partial charge is 0.391 e. The van der Waals surface area contributed by atoms with Crippen molar-refractivity contribution in [2.75, 3.05) is 5.75 Å². The fourth-order valence-corrected chi connectivity index (χ4v) is 6.92. The molecule has 0 radical (unpaired) electrons. The first-order chi connectivity index (χ1) is 21.3. The predicted molar refractivity (Wildman–Crippen MR) is 189 cm³/mol. The average molecular weight is 646 g/mol. The summed E-state index contributed by atoms with van der Waals surface area (Å²) in [6.07, 6.45) is 36.3. The van der Waals surface area contributed by atoms with Crippen LogP contribution in [-0.4, -0.2) is 41.9 Å².